The van der Waals surface area contributed by atoms with Crippen molar-refractivity contribution in [3.8, 4) is 17.4 Å². The first-order chi connectivity index (χ1) is 10.6. The van der Waals surface area contributed by atoms with Crippen molar-refractivity contribution in [3.63, 3.8) is 0 Å². The minimum Gasteiger partial charge on any atom is -0.439 e. The molecule has 0 bridgehead atoms. The number of aromatic nitrogens is 2. The Morgan fingerprint density at radius 1 is 0.955 bits per heavy atom. The lowest BCUT2D eigenvalue weighted by Crippen LogP contribution is -1.94. The molecule has 0 atom stereocenters. The lowest BCUT2D eigenvalue weighted by molar-refractivity contribution is -0.00624. The minimum absolute atomic E-state index is 0.132. The predicted molar refractivity (Wildman–Crippen MR) is 78.2 cm³/mol. The van der Waals surface area contributed by atoms with E-state index in [1.807, 2.05) is 20.8 Å². The molecule has 2 aromatic rings. The number of halogens is 3. The summed E-state index contributed by atoms with van der Waals surface area (Å²) in [5.41, 5.74) is 0.830. The van der Waals surface area contributed by atoms with Crippen molar-refractivity contribution in [2.45, 2.75) is 27.7 Å². The molecule has 0 saturated carbocycles. The van der Waals surface area contributed by atoms with E-state index in [-0.39, 0.29) is 5.75 Å². The van der Waals surface area contributed by atoms with Crippen molar-refractivity contribution in [2.75, 3.05) is 6.93 Å². The molecule has 0 fully saturated rings. The molecule has 0 N–H and O–H groups in total. The number of ether oxygens (including phenoxy) is 1. The molecule has 0 unspecified atom stereocenters. The number of rotatable bonds is 3. The first-order valence-electron chi connectivity index (χ1n) is 6.59. The molecule has 0 saturated heterocycles. The Morgan fingerprint density at radius 3 is 1.91 bits per heavy atom. The summed E-state index contributed by atoms with van der Waals surface area (Å²) in [6, 6.07) is 7.86. The number of alkyl halides is 2. The van der Waals surface area contributed by atoms with E-state index in [0.717, 1.165) is 5.69 Å². The van der Waals surface area contributed by atoms with E-state index in [9.17, 15) is 13.3 Å². The number of nitrogens with zero attached hydrogens (tertiary/aromatic N) is 2. The van der Waals surface area contributed by atoms with Crippen molar-refractivity contribution in [1.82, 2.24) is 9.97 Å². The average molecular weight is 316 g/mol. The summed E-state index contributed by atoms with van der Waals surface area (Å²) in [6.07, 6.45) is 0. The molecule has 0 aliphatic heterocycles. The molecule has 0 aliphatic rings. The van der Waals surface area contributed by atoms with Crippen molar-refractivity contribution in [2.24, 2.45) is 0 Å². The average Bonchev–Trinajstić information content (AvgIpc) is 2.50. The van der Waals surface area contributed by atoms with E-state index in [0.29, 0.717) is 17.5 Å². The van der Waals surface area contributed by atoms with Crippen LogP contribution in [0.5, 0.6) is 17.4 Å². The van der Waals surface area contributed by atoms with E-state index in [1.165, 1.54) is 12.1 Å². The molecule has 122 valence electrons. The largest absolute Gasteiger partial charge is 0.439 e. The normalized spacial score (nSPS) is 8.86. The summed E-state index contributed by atoms with van der Waals surface area (Å²) in [6.45, 7) is 5.90. The summed E-state index contributed by atoms with van der Waals surface area (Å²) >= 11 is 0. The smallest absolute Gasteiger partial charge is 0.229 e. The zero-order chi connectivity index (χ0) is 17.0. The van der Waals surface area contributed by atoms with Crippen LogP contribution >= 0.6 is 0 Å². The quantitative estimate of drug-likeness (QED) is 0.794. The van der Waals surface area contributed by atoms with Gasteiger partial charge in [-0.3, -0.25) is 4.94 Å². The maximum atomic E-state index is 11.8. The van der Waals surface area contributed by atoms with Gasteiger partial charge in [0.25, 0.3) is 0 Å². The third kappa shape index (κ3) is 7.47. The zero-order valence-corrected chi connectivity index (χ0v) is 12.9. The predicted octanol–water partition coefficient (Wildman–Crippen LogP) is 5.06. The SMILES string of the molecule is CC.Cc1cc(Oc2ccc(OF)cc2)nc(C)n1.FCF. The highest BCUT2D eigenvalue weighted by Gasteiger charge is 2.02. The van der Waals surface area contributed by atoms with E-state index in [4.69, 9.17) is 4.74 Å². The van der Waals surface area contributed by atoms with Crippen molar-refractivity contribution in [3.05, 3.63) is 41.9 Å². The fourth-order valence-corrected chi connectivity index (χ4v) is 1.42. The van der Waals surface area contributed by atoms with Crippen LogP contribution in [0.1, 0.15) is 25.4 Å². The standard InChI is InChI=1S/C12H11FN2O2.C2H6.CH2F2/c1-8-7-12(15-9(2)14-8)16-10-3-5-11(17-13)6-4-10;1-2;2-1-3/h3-7H,1-2H3;1-2H3;1H2. The highest BCUT2D eigenvalue weighted by molar-refractivity contribution is 5.33. The summed E-state index contributed by atoms with van der Waals surface area (Å²) in [5.74, 6) is 1.79. The Labute approximate surface area is 127 Å². The van der Waals surface area contributed by atoms with E-state index in [1.54, 1.807) is 25.1 Å². The maximum Gasteiger partial charge on any atom is 0.229 e. The number of benzene rings is 1. The Balaban J connectivity index is 0.000000789. The van der Waals surface area contributed by atoms with Crippen molar-refractivity contribution >= 4 is 0 Å². The molecular formula is C15H19F3N2O2. The van der Waals surface area contributed by atoms with Gasteiger partial charge in [-0.1, -0.05) is 13.8 Å². The van der Waals surface area contributed by atoms with E-state index >= 15 is 0 Å². The van der Waals surface area contributed by atoms with Crippen LogP contribution in [-0.2, 0) is 0 Å². The van der Waals surface area contributed by atoms with E-state index in [2.05, 4.69) is 14.9 Å². The second-order valence-electron chi connectivity index (χ2n) is 3.65. The van der Waals surface area contributed by atoms with Crippen LogP contribution in [0, 0.1) is 13.8 Å². The fraction of sp³-hybridized carbons (Fsp3) is 0.333. The fourth-order valence-electron chi connectivity index (χ4n) is 1.42. The monoisotopic (exact) mass is 316 g/mol. The minimum atomic E-state index is -1.75. The van der Waals surface area contributed by atoms with Gasteiger partial charge in [0.15, 0.2) is 5.75 Å². The molecule has 22 heavy (non-hydrogen) atoms. The molecule has 2 rings (SSSR count). The molecule has 7 heteroatoms. The molecule has 0 radical (unpaired) electrons. The summed E-state index contributed by atoms with van der Waals surface area (Å²) in [5, 5.41) is 0. The van der Waals surface area contributed by atoms with Crippen LogP contribution in [0.3, 0.4) is 0 Å². The summed E-state index contributed by atoms with van der Waals surface area (Å²) in [4.78, 5) is 11.9. The van der Waals surface area contributed by atoms with Gasteiger partial charge >= 0.3 is 0 Å². The van der Waals surface area contributed by atoms with Crippen LogP contribution in [0.2, 0.25) is 0 Å². The topological polar surface area (TPSA) is 44.2 Å². The Morgan fingerprint density at radius 2 is 1.45 bits per heavy atom. The van der Waals surface area contributed by atoms with Crippen molar-refractivity contribution in [1.29, 1.82) is 0 Å². The number of hydrogen-bond donors (Lipinski definition) is 0. The van der Waals surface area contributed by atoms with Gasteiger partial charge in [0.1, 0.15) is 11.6 Å². The number of aryl methyl sites for hydroxylation is 2. The summed E-state index contributed by atoms with van der Waals surface area (Å²) < 4.78 is 36.6. The van der Waals surface area contributed by atoms with Crippen LogP contribution < -0.4 is 9.68 Å². The Hall–Kier alpha value is -2.31. The van der Waals surface area contributed by atoms with Crippen LogP contribution in [0.4, 0.5) is 13.3 Å². The van der Waals surface area contributed by atoms with Gasteiger partial charge in [-0.25, -0.2) is 13.8 Å². The first kappa shape index (κ1) is 19.7. The molecule has 4 nitrogen and oxygen atoms in total. The van der Waals surface area contributed by atoms with Crippen LogP contribution in [0.15, 0.2) is 30.3 Å². The molecule has 0 aliphatic carbocycles. The van der Waals surface area contributed by atoms with Crippen molar-refractivity contribution < 1.29 is 23.0 Å². The second kappa shape index (κ2) is 11.4. The Kier molecular flexibility index (Phi) is 10.2. The lowest BCUT2D eigenvalue weighted by atomic mass is 10.3. The maximum absolute atomic E-state index is 11.8. The number of hydrogen-bond acceptors (Lipinski definition) is 4. The molecular weight excluding hydrogens is 297 g/mol. The van der Waals surface area contributed by atoms with Gasteiger partial charge in [-0.15, -0.1) is 0 Å². The highest BCUT2D eigenvalue weighted by Crippen LogP contribution is 2.22. The van der Waals surface area contributed by atoms with Crippen LogP contribution in [-0.4, -0.2) is 16.9 Å². The third-order valence-corrected chi connectivity index (χ3v) is 2.08. The van der Waals surface area contributed by atoms with Gasteiger partial charge in [-0.05, 0) is 38.1 Å². The molecule has 1 aromatic carbocycles. The summed E-state index contributed by atoms with van der Waals surface area (Å²) in [7, 11) is 0. The van der Waals surface area contributed by atoms with Gasteiger partial charge in [0.2, 0.25) is 12.8 Å². The third-order valence-electron chi connectivity index (χ3n) is 2.08. The second-order valence-corrected chi connectivity index (χ2v) is 3.65. The van der Waals surface area contributed by atoms with E-state index < -0.39 is 6.93 Å². The van der Waals surface area contributed by atoms with Gasteiger partial charge < -0.3 is 4.74 Å². The molecule has 0 amide bonds. The van der Waals surface area contributed by atoms with Gasteiger partial charge in [0.05, 0.1) is 0 Å². The molecule has 1 aromatic heterocycles. The van der Waals surface area contributed by atoms with Gasteiger partial charge in [0, 0.05) is 16.3 Å². The molecule has 1 heterocycles. The lowest BCUT2D eigenvalue weighted by Gasteiger charge is -2.06. The first-order valence-corrected chi connectivity index (χ1v) is 6.59. The molecule has 0 spiro atoms. The zero-order valence-electron chi connectivity index (χ0n) is 12.9. The van der Waals surface area contributed by atoms with Crippen LogP contribution in [0.25, 0.3) is 0 Å². The Bertz CT molecular complexity index is 517. The highest BCUT2D eigenvalue weighted by atomic mass is 19.3. The van der Waals surface area contributed by atoms with Gasteiger partial charge in [-0.2, -0.15) is 4.98 Å².